The molecule has 0 saturated heterocycles. The topological polar surface area (TPSA) is 76.9 Å². The molecule has 0 aliphatic carbocycles. The van der Waals surface area contributed by atoms with E-state index in [2.05, 4.69) is 29.4 Å². The maximum absolute atomic E-state index is 9.23. The fourth-order valence-electron chi connectivity index (χ4n) is 2.13. The van der Waals surface area contributed by atoms with Gasteiger partial charge in [0.25, 0.3) is 5.88 Å². The predicted octanol–water partition coefficient (Wildman–Crippen LogP) is 3.11. The van der Waals surface area contributed by atoms with Gasteiger partial charge >= 0.3 is 0 Å². The van der Waals surface area contributed by atoms with E-state index in [9.17, 15) is 5.26 Å². The number of hydrogen-bond acceptors (Lipinski definition) is 4. The monoisotopic (exact) mass is 284 g/mol. The maximum atomic E-state index is 9.23. The van der Waals surface area contributed by atoms with Gasteiger partial charge in [0, 0.05) is 6.04 Å². The molecule has 1 heterocycles. The summed E-state index contributed by atoms with van der Waals surface area (Å²) in [4.78, 5) is 0. The van der Waals surface area contributed by atoms with Gasteiger partial charge in [-0.2, -0.15) is 5.26 Å². The number of rotatable bonds is 4. The van der Waals surface area contributed by atoms with Crippen LogP contribution in [0.5, 0.6) is 5.88 Å². The number of nitrogens with zero attached hydrogens (tertiary/aromatic N) is 3. The van der Waals surface area contributed by atoms with Crippen molar-refractivity contribution < 1.29 is 4.74 Å². The van der Waals surface area contributed by atoms with Crippen LogP contribution in [0.3, 0.4) is 0 Å². The first-order valence-corrected chi connectivity index (χ1v) is 6.91. The van der Waals surface area contributed by atoms with Crippen LogP contribution in [-0.2, 0) is 6.61 Å². The smallest absolute Gasteiger partial charge is 0.253 e. The molecule has 0 radical (unpaired) electrons. The molecule has 0 atom stereocenters. The third kappa shape index (κ3) is 3.00. The van der Waals surface area contributed by atoms with Crippen molar-refractivity contribution in [1.29, 1.82) is 5.26 Å². The Morgan fingerprint density at radius 2 is 2.10 bits per heavy atom. The normalized spacial score (nSPS) is 10.7. The van der Waals surface area contributed by atoms with Gasteiger partial charge in [0.15, 0.2) is 5.56 Å². The highest BCUT2D eigenvalue weighted by Crippen LogP contribution is 2.26. The zero-order valence-corrected chi connectivity index (χ0v) is 12.8. The summed E-state index contributed by atoms with van der Waals surface area (Å²) in [5.74, 6) is 0.646. The highest BCUT2D eigenvalue weighted by Gasteiger charge is 2.18. The third-order valence-corrected chi connectivity index (χ3v) is 3.39. The molecule has 1 aromatic heterocycles. The second kappa shape index (κ2) is 5.88. The van der Waals surface area contributed by atoms with E-state index >= 15 is 0 Å². The summed E-state index contributed by atoms with van der Waals surface area (Å²) in [5, 5.41) is 13.5. The zero-order valence-electron chi connectivity index (χ0n) is 12.8. The number of anilines is 1. The summed E-state index contributed by atoms with van der Waals surface area (Å²) in [6.45, 7) is 8.36. The third-order valence-electron chi connectivity index (χ3n) is 3.39. The van der Waals surface area contributed by atoms with Crippen molar-refractivity contribution in [3.8, 4) is 11.9 Å². The first kappa shape index (κ1) is 14.9. The quantitative estimate of drug-likeness (QED) is 0.935. The first-order chi connectivity index (χ1) is 9.93. The van der Waals surface area contributed by atoms with Gasteiger partial charge < -0.3 is 10.5 Å². The van der Waals surface area contributed by atoms with E-state index in [1.54, 1.807) is 4.68 Å². The molecule has 2 aromatic rings. The molecule has 0 saturated carbocycles. The predicted molar refractivity (Wildman–Crippen MR) is 82.0 cm³/mol. The Morgan fingerprint density at radius 1 is 1.38 bits per heavy atom. The number of nitrogens with two attached hydrogens (primary N) is 1. The molecule has 110 valence electrons. The number of aryl methyl sites for hydroxylation is 2. The average molecular weight is 284 g/mol. The van der Waals surface area contributed by atoms with Crippen molar-refractivity contribution in [2.75, 3.05) is 5.73 Å². The van der Waals surface area contributed by atoms with Gasteiger partial charge in [-0.15, -0.1) is 5.10 Å². The molecule has 0 unspecified atom stereocenters. The highest BCUT2D eigenvalue weighted by molar-refractivity contribution is 5.55. The van der Waals surface area contributed by atoms with Crippen LogP contribution >= 0.6 is 0 Å². The van der Waals surface area contributed by atoms with Crippen molar-refractivity contribution in [3.63, 3.8) is 0 Å². The minimum absolute atomic E-state index is 0.0788. The van der Waals surface area contributed by atoms with Crippen molar-refractivity contribution >= 4 is 5.82 Å². The lowest BCUT2D eigenvalue weighted by atomic mass is 10.1. The van der Waals surface area contributed by atoms with Crippen LogP contribution in [0.2, 0.25) is 0 Å². The number of nitrogen functional groups attached to an aromatic ring is 1. The fourth-order valence-corrected chi connectivity index (χ4v) is 2.13. The van der Waals surface area contributed by atoms with E-state index < -0.39 is 0 Å². The number of nitriles is 1. The van der Waals surface area contributed by atoms with Crippen molar-refractivity contribution in [3.05, 3.63) is 40.5 Å². The van der Waals surface area contributed by atoms with Gasteiger partial charge in [0.1, 0.15) is 18.5 Å². The molecule has 0 bridgehead atoms. The molecule has 2 N–H and O–H groups in total. The molecule has 0 aliphatic heterocycles. The van der Waals surface area contributed by atoms with E-state index in [1.807, 2.05) is 27.7 Å². The van der Waals surface area contributed by atoms with E-state index in [4.69, 9.17) is 10.5 Å². The molecule has 21 heavy (non-hydrogen) atoms. The molecule has 1 aromatic carbocycles. The van der Waals surface area contributed by atoms with Crippen molar-refractivity contribution in [2.45, 2.75) is 40.3 Å². The van der Waals surface area contributed by atoms with Gasteiger partial charge in [-0.25, -0.2) is 4.68 Å². The largest absolute Gasteiger partial charge is 0.471 e. The van der Waals surface area contributed by atoms with Crippen LogP contribution in [0.25, 0.3) is 0 Å². The van der Waals surface area contributed by atoms with Gasteiger partial charge in [-0.1, -0.05) is 23.8 Å². The van der Waals surface area contributed by atoms with Crippen molar-refractivity contribution in [2.24, 2.45) is 0 Å². The molecule has 0 aliphatic rings. The number of hydrogen-bond donors (Lipinski definition) is 1. The van der Waals surface area contributed by atoms with E-state index in [0.717, 1.165) is 11.1 Å². The first-order valence-electron chi connectivity index (χ1n) is 6.91. The second-order valence-electron chi connectivity index (χ2n) is 5.43. The maximum Gasteiger partial charge on any atom is 0.253 e. The van der Waals surface area contributed by atoms with Crippen LogP contribution in [0, 0.1) is 25.2 Å². The Hall–Kier alpha value is -2.48. The molecule has 5 heteroatoms. The Kier molecular flexibility index (Phi) is 4.18. The average Bonchev–Trinajstić information content (AvgIpc) is 2.76. The minimum Gasteiger partial charge on any atom is -0.471 e. The second-order valence-corrected chi connectivity index (χ2v) is 5.43. The molecular weight excluding hydrogens is 264 g/mol. The van der Waals surface area contributed by atoms with Crippen LogP contribution < -0.4 is 10.5 Å². The summed E-state index contributed by atoms with van der Waals surface area (Å²) in [5.41, 5.74) is 9.64. The molecule has 0 amide bonds. The van der Waals surface area contributed by atoms with Crippen LogP contribution in [0.1, 0.15) is 42.1 Å². The summed E-state index contributed by atoms with van der Waals surface area (Å²) in [6, 6.07) is 8.34. The summed E-state index contributed by atoms with van der Waals surface area (Å²) < 4.78 is 7.34. The lowest BCUT2D eigenvalue weighted by molar-refractivity contribution is 0.286. The standard InChI is InChI=1S/C16H20N4O/c1-10(2)20-15(18)14(8-17)16(19-20)21-9-13-7-11(3)5-6-12(13)4/h5-7,10H,9,18H2,1-4H3. The number of aromatic nitrogens is 2. The molecular formula is C16H20N4O. The van der Waals surface area contributed by atoms with E-state index in [1.165, 1.54) is 5.56 Å². The van der Waals surface area contributed by atoms with Crippen LogP contribution in [-0.4, -0.2) is 9.78 Å². The van der Waals surface area contributed by atoms with Gasteiger partial charge in [0.2, 0.25) is 0 Å². The summed E-state index contributed by atoms with van der Waals surface area (Å²) in [6.07, 6.45) is 0. The number of ether oxygens (including phenoxy) is 1. The van der Waals surface area contributed by atoms with E-state index in [-0.39, 0.29) is 6.04 Å². The molecule has 0 spiro atoms. The number of benzene rings is 1. The van der Waals surface area contributed by atoms with Gasteiger partial charge in [-0.3, -0.25) is 0 Å². The molecule has 2 rings (SSSR count). The van der Waals surface area contributed by atoms with Crippen LogP contribution in [0.15, 0.2) is 18.2 Å². The lowest BCUT2D eigenvalue weighted by Gasteiger charge is -2.08. The van der Waals surface area contributed by atoms with Gasteiger partial charge in [-0.05, 0) is 38.8 Å². The summed E-state index contributed by atoms with van der Waals surface area (Å²) >= 11 is 0. The minimum atomic E-state index is 0.0788. The Labute approximate surface area is 124 Å². The lowest BCUT2D eigenvalue weighted by Crippen LogP contribution is -2.07. The zero-order chi connectivity index (χ0) is 15.6. The van der Waals surface area contributed by atoms with Gasteiger partial charge in [0.05, 0.1) is 0 Å². The SMILES string of the molecule is Cc1ccc(C)c(COc2nn(C(C)C)c(N)c2C#N)c1. The van der Waals surface area contributed by atoms with E-state index in [0.29, 0.717) is 23.9 Å². The Morgan fingerprint density at radius 3 is 2.71 bits per heavy atom. The molecule has 0 fully saturated rings. The Balaban J connectivity index is 2.26. The highest BCUT2D eigenvalue weighted by atomic mass is 16.5. The Bertz CT molecular complexity index is 695. The van der Waals surface area contributed by atoms with Crippen LogP contribution in [0.4, 0.5) is 5.82 Å². The fraction of sp³-hybridized carbons (Fsp3) is 0.375. The van der Waals surface area contributed by atoms with Crippen molar-refractivity contribution in [1.82, 2.24) is 9.78 Å². The summed E-state index contributed by atoms with van der Waals surface area (Å²) in [7, 11) is 0. The molecule has 5 nitrogen and oxygen atoms in total.